The Bertz CT molecular complexity index is 1110. The van der Waals surface area contributed by atoms with Crippen molar-refractivity contribution in [2.75, 3.05) is 44.7 Å². The van der Waals surface area contributed by atoms with Crippen LogP contribution in [0.3, 0.4) is 0 Å². The molecule has 2 heterocycles. The van der Waals surface area contributed by atoms with Gasteiger partial charge in [0.05, 0.1) is 5.92 Å². The Balaban J connectivity index is 0.000000436. The van der Waals surface area contributed by atoms with Gasteiger partial charge in [-0.05, 0) is 49.1 Å². The lowest BCUT2D eigenvalue weighted by molar-refractivity contribution is -0.134. The van der Waals surface area contributed by atoms with Gasteiger partial charge in [0.15, 0.2) is 0 Å². The van der Waals surface area contributed by atoms with Gasteiger partial charge in [-0.2, -0.15) is 0 Å². The second kappa shape index (κ2) is 14.1. The van der Waals surface area contributed by atoms with Crippen molar-refractivity contribution in [1.82, 2.24) is 9.80 Å². The molecule has 38 heavy (non-hydrogen) atoms. The fraction of sp³-hybridized carbons (Fsp3) is 0.379. The minimum absolute atomic E-state index is 0.0606. The summed E-state index contributed by atoms with van der Waals surface area (Å²) in [7, 11) is 1.78. The lowest BCUT2D eigenvalue weighted by atomic mass is 10.0. The molecule has 1 atom stereocenters. The number of carbonyl (C=O) groups excluding carboxylic acids is 2. The van der Waals surface area contributed by atoms with E-state index in [0.29, 0.717) is 31.7 Å². The third-order valence-electron chi connectivity index (χ3n) is 6.76. The molecule has 0 spiro atoms. The van der Waals surface area contributed by atoms with Gasteiger partial charge in [0, 0.05) is 57.5 Å². The van der Waals surface area contributed by atoms with Crippen molar-refractivity contribution in [2.45, 2.75) is 25.7 Å². The Labute approximate surface area is 223 Å². The number of fused-ring (bicyclic) bond motifs is 1. The lowest BCUT2D eigenvalue weighted by Crippen LogP contribution is -2.39. The SMILES string of the molecule is CN1CC(C(=O)N(CCCN2CCc3ccccc3CC2)c2ccccc2)CC1=O.O=C(O)C=CC(=O)O. The van der Waals surface area contributed by atoms with Crippen molar-refractivity contribution in [1.29, 1.82) is 0 Å². The molecule has 1 unspecified atom stereocenters. The second-order valence-electron chi connectivity index (χ2n) is 9.47. The highest BCUT2D eigenvalue weighted by Crippen LogP contribution is 2.23. The van der Waals surface area contributed by atoms with Crippen molar-refractivity contribution in [2.24, 2.45) is 5.92 Å². The predicted molar refractivity (Wildman–Crippen MR) is 144 cm³/mol. The zero-order chi connectivity index (χ0) is 27.5. The van der Waals surface area contributed by atoms with E-state index in [0.717, 1.165) is 44.6 Å². The predicted octanol–water partition coefficient (Wildman–Crippen LogP) is 2.70. The maximum absolute atomic E-state index is 13.3. The van der Waals surface area contributed by atoms with Crippen LogP contribution in [0.2, 0.25) is 0 Å². The normalized spacial score (nSPS) is 17.3. The topological polar surface area (TPSA) is 118 Å². The molecule has 9 nitrogen and oxygen atoms in total. The number of benzene rings is 2. The zero-order valence-corrected chi connectivity index (χ0v) is 21.7. The molecule has 4 rings (SSSR count). The van der Waals surface area contributed by atoms with Gasteiger partial charge in [0.2, 0.25) is 11.8 Å². The number of rotatable bonds is 8. The van der Waals surface area contributed by atoms with E-state index in [4.69, 9.17) is 10.2 Å². The number of aliphatic carboxylic acids is 2. The highest BCUT2D eigenvalue weighted by Gasteiger charge is 2.35. The largest absolute Gasteiger partial charge is 0.478 e. The Hall–Kier alpha value is -3.98. The van der Waals surface area contributed by atoms with Gasteiger partial charge in [-0.25, -0.2) is 9.59 Å². The maximum Gasteiger partial charge on any atom is 0.328 e. The first kappa shape index (κ1) is 28.6. The van der Waals surface area contributed by atoms with E-state index in [1.54, 1.807) is 11.9 Å². The first-order valence-corrected chi connectivity index (χ1v) is 12.8. The molecular formula is C29H35N3O6. The Kier molecular flexibility index (Phi) is 10.6. The van der Waals surface area contributed by atoms with Gasteiger partial charge in [0.25, 0.3) is 0 Å². The number of para-hydroxylation sites is 1. The molecule has 2 aliphatic rings. The summed E-state index contributed by atoms with van der Waals surface area (Å²) in [5.74, 6) is -2.62. The standard InChI is InChI=1S/C25H31N3O2.C4H4O4/c1-26-19-22(18-24(26)29)25(30)28(23-10-3-2-4-11-23)15-7-14-27-16-12-20-8-5-6-9-21(20)13-17-27;5-3(6)1-2-4(7)8/h2-6,8-11,22H,7,12-19H2,1H3;1-2H,(H,5,6)(H,7,8). The number of likely N-dealkylation sites (tertiary alicyclic amines) is 1. The summed E-state index contributed by atoms with van der Waals surface area (Å²) >= 11 is 0. The number of carboxylic acid groups (broad SMARTS) is 2. The minimum Gasteiger partial charge on any atom is -0.478 e. The lowest BCUT2D eigenvalue weighted by Gasteiger charge is -2.27. The molecule has 2 aromatic rings. The summed E-state index contributed by atoms with van der Waals surface area (Å²) < 4.78 is 0. The van der Waals surface area contributed by atoms with Crippen LogP contribution in [0.25, 0.3) is 0 Å². The molecular weight excluding hydrogens is 486 g/mol. The van der Waals surface area contributed by atoms with Crippen LogP contribution in [0.1, 0.15) is 24.0 Å². The maximum atomic E-state index is 13.3. The quantitative estimate of drug-likeness (QED) is 0.513. The number of amides is 2. The molecule has 0 aromatic heterocycles. The summed E-state index contributed by atoms with van der Waals surface area (Å²) in [6.45, 7) is 4.32. The summed E-state index contributed by atoms with van der Waals surface area (Å²) in [5, 5.41) is 15.6. The molecule has 202 valence electrons. The van der Waals surface area contributed by atoms with Crippen LogP contribution in [0.15, 0.2) is 66.7 Å². The van der Waals surface area contributed by atoms with E-state index in [9.17, 15) is 19.2 Å². The first-order valence-electron chi connectivity index (χ1n) is 12.8. The zero-order valence-electron chi connectivity index (χ0n) is 21.7. The number of carbonyl (C=O) groups is 4. The van der Waals surface area contributed by atoms with E-state index < -0.39 is 11.9 Å². The van der Waals surface area contributed by atoms with Crippen LogP contribution >= 0.6 is 0 Å². The summed E-state index contributed by atoms with van der Waals surface area (Å²) in [6, 6.07) is 18.6. The third kappa shape index (κ3) is 8.55. The third-order valence-corrected chi connectivity index (χ3v) is 6.76. The molecule has 0 saturated carbocycles. The van der Waals surface area contributed by atoms with Crippen LogP contribution < -0.4 is 4.90 Å². The number of carboxylic acids is 2. The fourth-order valence-electron chi connectivity index (χ4n) is 4.76. The van der Waals surface area contributed by atoms with E-state index in [1.807, 2.05) is 35.2 Å². The van der Waals surface area contributed by atoms with Crippen molar-refractivity contribution in [3.63, 3.8) is 0 Å². The molecule has 0 bridgehead atoms. The Morgan fingerprint density at radius 2 is 1.47 bits per heavy atom. The van der Waals surface area contributed by atoms with E-state index in [1.165, 1.54) is 11.1 Å². The van der Waals surface area contributed by atoms with E-state index in [-0.39, 0.29) is 17.7 Å². The van der Waals surface area contributed by atoms with Gasteiger partial charge >= 0.3 is 11.9 Å². The molecule has 0 radical (unpaired) electrons. The average Bonchev–Trinajstić information content (AvgIpc) is 3.11. The molecule has 1 fully saturated rings. The summed E-state index contributed by atoms with van der Waals surface area (Å²) in [6.07, 6.45) is 4.54. The number of nitrogens with zero attached hydrogens (tertiary/aromatic N) is 3. The second-order valence-corrected chi connectivity index (χ2v) is 9.47. The minimum atomic E-state index is -1.26. The molecule has 2 amide bonds. The van der Waals surface area contributed by atoms with Gasteiger partial charge in [-0.3, -0.25) is 9.59 Å². The number of anilines is 1. The fourth-order valence-corrected chi connectivity index (χ4v) is 4.76. The van der Waals surface area contributed by atoms with Crippen LogP contribution in [0.5, 0.6) is 0 Å². The summed E-state index contributed by atoms with van der Waals surface area (Å²) in [4.78, 5) is 50.4. The highest BCUT2D eigenvalue weighted by molar-refractivity contribution is 5.99. The molecule has 2 N–H and O–H groups in total. The molecule has 1 saturated heterocycles. The van der Waals surface area contributed by atoms with Gasteiger partial charge in [-0.1, -0.05) is 42.5 Å². The van der Waals surface area contributed by atoms with E-state index in [2.05, 4.69) is 29.2 Å². The smallest absolute Gasteiger partial charge is 0.328 e. The van der Waals surface area contributed by atoms with Crippen molar-refractivity contribution in [3.05, 3.63) is 77.9 Å². The van der Waals surface area contributed by atoms with Gasteiger partial charge in [-0.15, -0.1) is 0 Å². The van der Waals surface area contributed by atoms with Crippen LogP contribution in [-0.4, -0.2) is 83.5 Å². The van der Waals surface area contributed by atoms with Gasteiger partial charge < -0.3 is 24.9 Å². The highest BCUT2D eigenvalue weighted by atomic mass is 16.4. The van der Waals surface area contributed by atoms with Crippen LogP contribution in [0.4, 0.5) is 5.69 Å². The van der Waals surface area contributed by atoms with Crippen molar-refractivity contribution >= 4 is 29.4 Å². The Morgan fingerprint density at radius 3 is 1.97 bits per heavy atom. The van der Waals surface area contributed by atoms with E-state index >= 15 is 0 Å². The Morgan fingerprint density at radius 1 is 0.921 bits per heavy atom. The average molecular weight is 522 g/mol. The van der Waals surface area contributed by atoms with Crippen LogP contribution in [0, 0.1) is 5.92 Å². The molecule has 2 aromatic carbocycles. The molecule has 2 aliphatic heterocycles. The van der Waals surface area contributed by atoms with Crippen molar-refractivity contribution < 1.29 is 29.4 Å². The number of hydrogen-bond acceptors (Lipinski definition) is 5. The van der Waals surface area contributed by atoms with Crippen molar-refractivity contribution in [3.8, 4) is 0 Å². The monoisotopic (exact) mass is 521 g/mol. The summed E-state index contributed by atoms with van der Waals surface area (Å²) in [5.41, 5.74) is 3.86. The number of hydrogen-bond donors (Lipinski definition) is 2. The van der Waals surface area contributed by atoms with Crippen LogP contribution in [-0.2, 0) is 32.0 Å². The first-order chi connectivity index (χ1) is 18.2. The molecule has 9 heteroatoms. The van der Waals surface area contributed by atoms with Gasteiger partial charge in [0.1, 0.15) is 0 Å². The molecule has 0 aliphatic carbocycles.